The van der Waals surface area contributed by atoms with E-state index in [1.807, 2.05) is 0 Å². The number of carbonyl (C=O) groups is 1. The summed E-state index contributed by atoms with van der Waals surface area (Å²) in [7, 11) is 0. The fourth-order valence-electron chi connectivity index (χ4n) is 2.29. The van der Waals surface area contributed by atoms with Crippen LogP contribution < -0.4 is 11.1 Å². The summed E-state index contributed by atoms with van der Waals surface area (Å²) in [5.74, 6) is 0.760. The van der Waals surface area contributed by atoms with Crippen molar-refractivity contribution in [2.75, 3.05) is 19.6 Å². The highest BCUT2D eigenvalue weighted by atomic mass is 16.2. The third-order valence-electron chi connectivity index (χ3n) is 3.41. The molecule has 2 fully saturated rings. The number of hydrogen-bond donors (Lipinski definition) is 2. The lowest BCUT2D eigenvalue weighted by Crippen LogP contribution is -2.39. The van der Waals surface area contributed by atoms with Gasteiger partial charge in [-0.15, -0.1) is 0 Å². The van der Waals surface area contributed by atoms with Crippen molar-refractivity contribution >= 4 is 5.91 Å². The summed E-state index contributed by atoms with van der Waals surface area (Å²) in [6.07, 6.45) is 3.45. The van der Waals surface area contributed by atoms with Crippen LogP contribution in [0.15, 0.2) is 0 Å². The summed E-state index contributed by atoms with van der Waals surface area (Å²) >= 11 is 0. The number of hydrogen-bond acceptors (Lipinski definition) is 3. The predicted octanol–water partition coefficient (Wildman–Crippen LogP) is -0.0659. The summed E-state index contributed by atoms with van der Waals surface area (Å²) in [5.41, 5.74) is 5.65. The minimum absolute atomic E-state index is 0.182. The predicted molar refractivity (Wildman–Crippen MR) is 59.4 cm³/mol. The molecule has 1 heterocycles. The van der Waals surface area contributed by atoms with E-state index in [9.17, 15) is 4.79 Å². The molecule has 15 heavy (non-hydrogen) atoms. The van der Waals surface area contributed by atoms with E-state index in [2.05, 4.69) is 17.1 Å². The molecule has 2 rings (SSSR count). The molecule has 2 aliphatic rings. The second-order valence-electron chi connectivity index (χ2n) is 4.96. The van der Waals surface area contributed by atoms with E-state index < -0.39 is 0 Å². The van der Waals surface area contributed by atoms with Gasteiger partial charge in [-0.3, -0.25) is 9.69 Å². The minimum atomic E-state index is 0.182. The molecule has 3 N–H and O–H groups in total. The van der Waals surface area contributed by atoms with Crippen molar-refractivity contribution < 1.29 is 4.79 Å². The van der Waals surface area contributed by atoms with Crippen LogP contribution in [0.4, 0.5) is 0 Å². The number of amides is 1. The van der Waals surface area contributed by atoms with Crippen molar-refractivity contribution in [3.63, 3.8) is 0 Å². The topological polar surface area (TPSA) is 58.4 Å². The molecule has 1 aliphatic heterocycles. The average Bonchev–Trinajstić information content (AvgIpc) is 2.92. The molecule has 2 unspecified atom stereocenters. The number of likely N-dealkylation sites (tertiary alicyclic amines) is 1. The Bertz CT molecular complexity index is 240. The van der Waals surface area contributed by atoms with Crippen LogP contribution in [0.2, 0.25) is 0 Å². The maximum Gasteiger partial charge on any atom is 0.234 e. The van der Waals surface area contributed by atoms with Gasteiger partial charge in [0.2, 0.25) is 5.91 Å². The first kappa shape index (κ1) is 10.9. The number of nitrogens with two attached hydrogens (primary N) is 1. The maximum absolute atomic E-state index is 11.6. The Morgan fingerprint density at radius 3 is 2.80 bits per heavy atom. The van der Waals surface area contributed by atoms with Crippen LogP contribution >= 0.6 is 0 Å². The molecule has 1 saturated heterocycles. The lowest BCUT2D eigenvalue weighted by Gasteiger charge is -2.20. The van der Waals surface area contributed by atoms with Crippen LogP contribution in [0.5, 0.6) is 0 Å². The highest BCUT2D eigenvalue weighted by Gasteiger charge is 2.30. The summed E-state index contributed by atoms with van der Waals surface area (Å²) in [6, 6.07) is 0.976. The van der Waals surface area contributed by atoms with Gasteiger partial charge in [-0.2, -0.15) is 0 Å². The Morgan fingerprint density at radius 2 is 2.27 bits per heavy atom. The molecule has 4 heteroatoms. The van der Waals surface area contributed by atoms with Gasteiger partial charge < -0.3 is 11.1 Å². The van der Waals surface area contributed by atoms with E-state index in [0.29, 0.717) is 24.5 Å². The fraction of sp³-hybridized carbons (Fsp3) is 0.909. The molecule has 0 radical (unpaired) electrons. The van der Waals surface area contributed by atoms with Gasteiger partial charge in [0.1, 0.15) is 0 Å². The molecule has 86 valence electrons. The average molecular weight is 211 g/mol. The van der Waals surface area contributed by atoms with Gasteiger partial charge in [0.25, 0.3) is 0 Å². The van der Waals surface area contributed by atoms with E-state index >= 15 is 0 Å². The SMILES string of the molecule is CC1CC(CN)CN1CC(=O)NC1CC1. The van der Waals surface area contributed by atoms with Crippen molar-refractivity contribution in [3.8, 4) is 0 Å². The Balaban J connectivity index is 1.75. The Kier molecular flexibility index (Phi) is 3.26. The summed E-state index contributed by atoms with van der Waals surface area (Å²) in [5, 5.41) is 3.02. The fourth-order valence-corrected chi connectivity index (χ4v) is 2.29. The highest BCUT2D eigenvalue weighted by molar-refractivity contribution is 5.78. The zero-order valence-electron chi connectivity index (χ0n) is 9.41. The summed E-state index contributed by atoms with van der Waals surface area (Å²) in [4.78, 5) is 13.9. The number of carbonyl (C=O) groups excluding carboxylic acids is 1. The van der Waals surface area contributed by atoms with Gasteiger partial charge in [0.15, 0.2) is 0 Å². The van der Waals surface area contributed by atoms with E-state index in [4.69, 9.17) is 5.73 Å². The first-order valence-corrected chi connectivity index (χ1v) is 5.92. The van der Waals surface area contributed by atoms with Gasteiger partial charge in [0.05, 0.1) is 6.54 Å². The molecule has 1 aliphatic carbocycles. The highest BCUT2D eigenvalue weighted by Crippen LogP contribution is 2.22. The molecule has 1 amide bonds. The van der Waals surface area contributed by atoms with Crippen LogP contribution in [0.25, 0.3) is 0 Å². The van der Waals surface area contributed by atoms with Gasteiger partial charge in [-0.1, -0.05) is 0 Å². The summed E-state index contributed by atoms with van der Waals surface area (Å²) in [6.45, 7) is 4.45. The van der Waals surface area contributed by atoms with Crippen LogP contribution in [0.3, 0.4) is 0 Å². The number of rotatable bonds is 4. The number of nitrogens with zero attached hydrogens (tertiary/aromatic N) is 1. The normalized spacial score (nSPS) is 31.9. The second-order valence-corrected chi connectivity index (χ2v) is 4.96. The van der Waals surface area contributed by atoms with E-state index in [0.717, 1.165) is 32.4 Å². The first-order valence-electron chi connectivity index (χ1n) is 5.92. The van der Waals surface area contributed by atoms with Crippen LogP contribution in [0.1, 0.15) is 26.2 Å². The minimum Gasteiger partial charge on any atom is -0.352 e. The lowest BCUT2D eigenvalue weighted by molar-refractivity contribution is -0.122. The molecular formula is C11H21N3O. The van der Waals surface area contributed by atoms with Crippen LogP contribution in [-0.4, -0.2) is 42.5 Å². The third-order valence-corrected chi connectivity index (χ3v) is 3.41. The third kappa shape index (κ3) is 2.92. The molecular weight excluding hydrogens is 190 g/mol. The standard InChI is InChI=1S/C11H21N3O/c1-8-4-9(5-12)6-14(8)7-11(15)13-10-2-3-10/h8-10H,2-7,12H2,1H3,(H,13,15). The lowest BCUT2D eigenvalue weighted by atomic mass is 10.1. The van der Waals surface area contributed by atoms with Gasteiger partial charge in [-0.05, 0) is 38.6 Å². The first-order chi connectivity index (χ1) is 7.19. The second kappa shape index (κ2) is 4.49. The molecule has 0 aromatic rings. The van der Waals surface area contributed by atoms with Crippen LogP contribution in [-0.2, 0) is 4.79 Å². The molecule has 2 atom stereocenters. The molecule has 0 aromatic heterocycles. The molecule has 0 bridgehead atoms. The van der Waals surface area contributed by atoms with E-state index in [-0.39, 0.29) is 5.91 Å². The Morgan fingerprint density at radius 1 is 1.53 bits per heavy atom. The Hall–Kier alpha value is -0.610. The van der Waals surface area contributed by atoms with Gasteiger partial charge in [0, 0.05) is 18.6 Å². The van der Waals surface area contributed by atoms with E-state index in [1.165, 1.54) is 0 Å². The smallest absolute Gasteiger partial charge is 0.234 e. The van der Waals surface area contributed by atoms with Crippen molar-refractivity contribution in [1.29, 1.82) is 0 Å². The largest absolute Gasteiger partial charge is 0.352 e. The van der Waals surface area contributed by atoms with Gasteiger partial charge in [-0.25, -0.2) is 0 Å². The molecule has 1 saturated carbocycles. The van der Waals surface area contributed by atoms with Gasteiger partial charge >= 0.3 is 0 Å². The monoisotopic (exact) mass is 211 g/mol. The van der Waals surface area contributed by atoms with Crippen molar-refractivity contribution in [3.05, 3.63) is 0 Å². The summed E-state index contributed by atoms with van der Waals surface area (Å²) < 4.78 is 0. The zero-order chi connectivity index (χ0) is 10.8. The van der Waals surface area contributed by atoms with Crippen LogP contribution in [0, 0.1) is 5.92 Å². The maximum atomic E-state index is 11.6. The molecule has 0 spiro atoms. The zero-order valence-corrected chi connectivity index (χ0v) is 9.41. The quantitative estimate of drug-likeness (QED) is 0.684. The Labute approximate surface area is 91.2 Å². The van der Waals surface area contributed by atoms with Crippen molar-refractivity contribution in [2.45, 2.75) is 38.3 Å². The number of nitrogens with one attached hydrogen (secondary N) is 1. The van der Waals surface area contributed by atoms with E-state index in [1.54, 1.807) is 0 Å². The molecule has 0 aromatic carbocycles. The van der Waals surface area contributed by atoms with Crippen molar-refractivity contribution in [2.24, 2.45) is 11.7 Å². The van der Waals surface area contributed by atoms with Crippen molar-refractivity contribution in [1.82, 2.24) is 10.2 Å². The molecule has 4 nitrogen and oxygen atoms in total.